The molecule has 0 bridgehead atoms. The third-order valence-corrected chi connectivity index (χ3v) is 3.01. The molecule has 5 nitrogen and oxygen atoms in total. The van der Waals surface area contributed by atoms with Gasteiger partial charge in [-0.25, -0.2) is 0 Å². The van der Waals surface area contributed by atoms with Crippen molar-refractivity contribution in [2.75, 3.05) is 7.11 Å². The molecule has 94 valence electrons. The van der Waals surface area contributed by atoms with E-state index in [-0.39, 0.29) is 17.2 Å². The number of allylic oxidation sites excluding steroid dienone is 1. The van der Waals surface area contributed by atoms with Crippen molar-refractivity contribution in [1.29, 1.82) is 0 Å². The van der Waals surface area contributed by atoms with E-state index in [1.54, 1.807) is 6.08 Å². The van der Waals surface area contributed by atoms with Gasteiger partial charge in [-0.15, -0.1) is 0 Å². The maximum Gasteiger partial charge on any atom is 0.208 e. The zero-order valence-corrected chi connectivity index (χ0v) is 9.98. The number of rotatable bonds is 1. The van der Waals surface area contributed by atoms with Gasteiger partial charge in [-0.05, 0) is 13.0 Å². The molecule has 5 heteroatoms. The highest BCUT2D eigenvalue weighted by molar-refractivity contribution is 5.93. The molecule has 0 atom stereocenters. The molecule has 0 aliphatic carbocycles. The van der Waals surface area contributed by atoms with Gasteiger partial charge in [0.05, 0.1) is 12.9 Å². The van der Waals surface area contributed by atoms with Gasteiger partial charge in [0.1, 0.15) is 12.4 Å². The number of hydrogen-bond acceptors (Lipinski definition) is 5. The van der Waals surface area contributed by atoms with E-state index in [1.807, 2.05) is 6.92 Å². The van der Waals surface area contributed by atoms with Crippen LogP contribution in [0, 0.1) is 0 Å². The Morgan fingerprint density at radius 3 is 2.83 bits per heavy atom. The third-order valence-electron chi connectivity index (χ3n) is 3.01. The van der Waals surface area contributed by atoms with Crippen molar-refractivity contribution in [2.45, 2.75) is 13.5 Å². The molecule has 2 N–H and O–H groups in total. The van der Waals surface area contributed by atoms with E-state index in [9.17, 15) is 10.2 Å². The molecule has 1 aromatic heterocycles. The minimum atomic E-state index is -0.322. The minimum absolute atomic E-state index is 0.130. The molecule has 2 aromatic rings. The molecule has 1 aliphatic heterocycles. The van der Waals surface area contributed by atoms with E-state index in [2.05, 4.69) is 0 Å². The number of ether oxygens (including phenoxy) is 2. The number of hydrogen-bond donors (Lipinski definition) is 2. The molecule has 0 amide bonds. The maximum atomic E-state index is 9.73. The summed E-state index contributed by atoms with van der Waals surface area (Å²) in [7, 11) is 1.41. The Kier molecular flexibility index (Phi) is 2.16. The summed E-state index contributed by atoms with van der Waals surface area (Å²) in [6.45, 7) is 2.21. The lowest BCUT2D eigenvalue weighted by molar-refractivity contribution is 0.198. The number of aromatic hydroxyl groups is 2. The number of fused-ring (bicyclic) bond motifs is 3. The van der Waals surface area contributed by atoms with Crippen LogP contribution in [0.4, 0.5) is 0 Å². The Labute approximate surface area is 103 Å². The summed E-state index contributed by atoms with van der Waals surface area (Å²) in [6.07, 6.45) is 1.77. The maximum absolute atomic E-state index is 9.73. The molecular formula is C13H12O5. The van der Waals surface area contributed by atoms with E-state index < -0.39 is 0 Å². The molecule has 0 saturated carbocycles. The van der Waals surface area contributed by atoms with Crippen molar-refractivity contribution in [3.8, 4) is 17.2 Å². The summed E-state index contributed by atoms with van der Waals surface area (Å²) < 4.78 is 16.2. The first-order valence-corrected chi connectivity index (χ1v) is 5.47. The van der Waals surface area contributed by atoms with Gasteiger partial charge < -0.3 is 24.1 Å². The van der Waals surface area contributed by atoms with Crippen LogP contribution in [0.5, 0.6) is 17.2 Å². The van der Waals surface area contributed by atoms with Crippen LogP contribution in [0.15, 0.2) is 16.2 Å². The van der Waals surface area contributed by atoms with Crippen LogP contribution in [-0.4, -0.2) is 17.3 Å². The van der Waals surface area contributed by atoms with Gasteiger partial charge in [0.15, 0.2) is 11.3 Å². The summed E-state index contributed by atoms with van der Waals surface area (Å²) in [4.78, 5) is 0. The lowest BCUT2D eigenvalue weighted by Crippen LogP contribution is -1.97. The van der Waals surface area contributed by atoms with Gasteiger partial charge in [0, 0.05) is 17.0 Å². The highest BCUT2D eigenvalue weighted by Crippen LogP contribution is 2.45. The van der Waals surface area contributed by atoms with Crippen molar-refractivity contribution in [3.05, 3.63) is 23.1 Å². The highest BCUT2D eigenvalue weighted by Gasteiger charge is 2.23. The third kappa shape index (κ3) is 1.33. The molecule has 1 aliphatic rings. The molecule has 2 heterocycles. The number of phenolic OH excluding ortho intramolecular Hbond substituents is 2. The van der Waals surface area contributed by atoms with Crippen molar-refractivity contribution in [1.82, 2.24) is 0 Å². The Hall–Kier alpha value is -2.30. The average Bonchev–Trinajstić information content (AvgIpc) is 2.68. The van der Waals surface area contributed by atoms with E-state index in [0.29, 0.717) is 23.3 Å². The van der Waals surface area contributed by atoms with Crippen LogP contribution in [-0.2, 0) is 11.3 Å². The predicted molar refractivity (Wildman–Crippen MR) is 64.5 cm³/mol. The van der Waals surface area contributed by atoms with Crippen LogP contribution in [0.25, 0.3) is 17.0 Å². The lowest BCUT2D eigenvalue weighted by Gasteiger charge is -2.10. The second kappa shape index (κ2) is 3.60. The molecule has 0 unspecified atom stereocenters. The van der Waals surface area contributed by atoms with Gasteiger partial charge in [0.25, 0.3) is 0 Å². The fourth-order valence-electron chi connectivity index (χ4n) is 2.11. The molecule has 0 saturated heterocycles. The van der Waals surface area contributed by atoms with Crippen LogP contribution in [0.2, 0.25) is 0 Å². The van der Waals surface area contributed by atoms with Crippen molar-refractivity contribution in [3.63, 3.8) is 0 Å². The average molecular weight is 248 g/mol. The van der Waals surface area contributed by atoms with Gasteiger partial charge in [0.2, 0.25) is 11.5 Å². The Morgan fingerprint density at radius 2 is 2.11 bits per heavy atom. The molecule has 3 rings (SSSR count). The quantitative estimate of drug-likeness (QED) is 0.759. The smallest absolute Gasteiger partial charge is 0.208 e. The van der Waals surface area contributed by atoms with E-state index in [1.165, 1.54) is 13.2 Å². The van der Waals surface area contributed by atoms with Crippen molar-refractivity contribution >= 4 is 17.0 Å². The zero-order chi connectivity index (χ0) is 12.9. The normalized spacial score (nSPS) is 14.0. The van der Waals surface area contributed by atoms with E-state index in [0.717, 1.165) is 11.3 Å². The number of benzene rings is 1. The predicted octanol–water partition coefficient (Wildman–Crippen LogP) is 2.74. The molecule has 0 radical (unpaired) electrons. The number of furan rings is 1. The first-order valence-electron chi connectivity index (χ1n) is 5.47. The van der Waals surface area contributed by atoms with Gasteiger partial charge in [-0.1, -0.05) is 0 Å². The standard InChI is InChI=1S/C13H12O5/c1-6-3-10-8(5-17-6)7-4-9(14)11(15)13(16-2)12(7)18-10/h3-4,14-15H,5H2,1-2H3. The molecule has 0 spiro atoms. The second-order valence-corrected chi connectivity index (χ2v) is 4.14. The fraction of sp³-hybridized carbons (Fsp3) is 0.231. The first-order chi connectivity index (χ1) is 8.61. The largest absolute Gasteiger partial charge is 0.504 e. The van der Waals surface area contributed by atoms with Gasteiger partial charge in [-0.2, -0.15) is 0 Å². The summed E-state index contributed by atoms with van der Waals surface area (Å²) in [5.41, 5.74) is 1.25. The number of phenols is 2. The lowest BCUT2D eigenvalue weighted by atomic mass is 10.1. The van der Waals surface area contributed by atoms with Crippen LogP contribution in [0.1, 0.15) is 18.2 Å². The Balaban J connectivity index is 2.39. The van der Waals surface area contributed by atoms with Gasteiger partial charge in [-0.3, -0.25) is 0 Å². The SMILES string of the molecule is COc1c(O)c(O)cc2c3c(oc12)C=C(C)OC3. The molecule has 0 fully saturated rings. The minimum Gasteiger partial charge on any atom is -0.504 e. The van der Waals surface area contributed by atoms with E-state index in [4.69, 9.17) is 13.9 Å². The van der Waals surface area contributed by atoms with Crippen molar-refractivity contribution < 1.29 is 24.1 Å². The molecule has 18 heavy (non-hydrogen) atoms. The van der Waals surface area contributed by atoms with E-state index >= 15 is 0 Å². The Morgan fingerprint density at radius 1 is 1.33 bits per heavy atom. The van der Waals surface area contributed by atoms with Crippen LogP contribution < -0.4 is 4.74 Å². The summed E-state index contributed by atoms with van der Waals surface area (Å²) in [5, 5.41) is 20.1. The zero-order valence-electron chi connectivity index (χ0n) is 9.98. The van der Waals surface area contributed by atoms with Crippen LogP contribution in [0.3, 0.4) is 0 Å². The first kappa shape index (κ1) is 10.8. The fourth-order valence-corrected chi connectivity index (χ4v) is 2.11. The van der Waals surface area contributed by atoms with Crippen LogP contribution >= 0.6 is 0 Å². The molecule has 1 aromatic carbocycles. The summed E-state index contributed by atoms with van der Waals surface area (Å²) in [6, 6.07) is 1.45. The summed E-state index contributed by atoms with van der Waals surface area (Å²) >= 11 is 0. The van der Waals surface area contributed by atoms with Crippen molar-refractivity contribution in [2.24, 2.45) is 0 Å². The monoisotopic (exact) mass is 248 g/mol. The Bertz CT molecular complexity index is 666. The molecular weight excluding hydrogens is 236 g/mol. The topological polar surface area (TPSA) is 72.1 Å². The number of methoxy groups -OCH3 is 1. The summed E-state index contributed by atoms with van der Waals surface area (Å²) in [5.74, 6) is 0.989. The highest BCUT2D eigenvalue weighted by atomic mass is 16.5. The van der Waals surface area contributed by atoms with Gasteiger partial charge >= 0.3 is 0 Å². The second-order valence-electron chi connectivity index (χ2n) is 4.14.